The number of hydrogen-bond acceptors (Lipinski definition) is 4. The molecule has 2 rings (SSSR count). The van der Waals surface area contributed by atoms with Gasteiger partial charge in [-0.25, -0.2) is 0 Å². The van der Waals surface area contributed by atoms with E-state index in [0.717, 1.165) is 15.7 Å². The lowest BCUT2D eigenvalue weighted by molar-refractivity contribution is -0.146. The van der Waals surface area contributed by atoms with Crippen LogP contribution in [0.5, 0.6) is 0 Å². The minimum atomic E-state index is -0.590. The fourth-order valence-corrected chi connectivity index (χ4v) is 3.93. The van der Waals surface area contributed by atoms with Crippen LogP contribution in [0.1, 0.15) is 39.2 Å². The number of carbonyl (C=O) groups excluding carboxylic acids is 1. The highest BCUT2D eigenvalue weighted by molar-refractivity contribution is 8.01. The molecule has 0 saturated heterocycles. The smallest absolute Gasteiger partial charge is 0.322 e. The van der Waals surface area contributed by atoms with Gasteiger partial charge in [0, 0.05) is 10.3 Å². The maximum Gasteiger partial charge on any atom is 0.322 e. The zero-order valence-corrected chi connectivity index (χ0v) is 14.6. The molecule has 0 spiro atoms. The minimum Gasteiger partial charge on any atom is -0.465 e. The number of nitriles is 1. The molecule has 0 aromatic heterocycles. The van der Waals surface area contributed by atoms with Crippen LogP contribution in [0, 0.1) is 11.3 Å². The van der Waals surface area contributed by atoms with Crippen molar-refractivity contribution in [3.8, 4) is 6.07 Å². The van der Waals surface area contributed by atoms with Crippen molar-refractivity contribution in [1.29, 1.82) is 5.26 Å². The van der Waals surface area contributed by atoms with Crippen LogP contribution in [-0.2, 0) is 9.53 Å². The topological polar surface area (TPSA) is 50.1 Å². The summed E-state index contributed by atoms with van der Waals surface area (Å²) >= 11 is 1.55. The Labute approximate surface area is 141 Å². The Morgan fingerprint density at radius 3 is 2.35 bits per heavy atom. The van der Waals surface area contributed by atoms with Gasteiger partial charge in [-0.2, -0.15) is 5.26 Å². The molecule has 0 aliphatic heterocycles. The van der Waals surface area contributed by atoms with Gasteiger partial charge in [0.1, 0.15) is 4.75 Å². The van der Waals surface area contributed by atoms with Gasteiger partial charge in [-0.1, -0.05) is 38.1 Å². The third kappa shape index (κ3) is 3.35. The molecule has 120 valence electrons. The number of thioether (sulfide) groups is 1. The lowest BCUT2D eigenvalue weighted by Crippen LogP contribution is -2.35. The summed E-state index contributed by atoms with van der Waals surface area (Å²) in [6, 6.07) is 13.8. The molecule has 0 unspecified atom stereocenters. The fourth-order valence-electron chi connectivity index (χ4n) is 2.66. The number of hydrogen-bond donors (Lipinski definition) is 0. The zero-order valence-electron chi connectivity index (χ0n) is 13.8. The lowest BCUT2D eigenvalue weighted by atomic mass is 10.0. The molecule has 23 heavy (non-hydrogen) atoms. The molecule has 4 heteroatoms. The van der Waals surface area contributed by atoms with Gasteiger partial charge in [0.15, 0.2) is 0 Å². The summed E-state index contributed by atoms with van der Waals surface area (Å²) in [7, 11) is 0. The van der Waals surface area contributed by atoms with E-state index in [1.165, 1.54) is 0 Å². The van der Waals surface area contributed by atoms with Gasteiger partial charge in [-0.3, -0.25) is 4.79 Å². The molecule has 0 amide bonds. The molecular weight excluding hydrogens is 306 g/mol. The summed E-state index contributed by atoms with van der Waals surface area (Å²) < 4.78 is 4.72. The van der Waals surface area contributed by atoms with Crippen LogP contribution in [-0.4, -0.2) is 17.3 Å². The molecule has 0 heterocycles. The van der Waals surface area contributed by atoms with E-state index in [-0.39, 0.29) is 5.97 Å². The average molecular weight is 327 g/mol. The van der Waals surface area contributed by atoms with Crippen molar-refractivity contribution >= 4 is 28.5 Å². The first-order chi connectivity index (χ1) is 11.1. The van der Waals surface area contributed by atoms with Crippen molar-refractivity contribution in [3.63, 3.8) is 0 Å². The third-order valence-corrected chi connectivity index (χ3v) is 5.81. The Morgan fingerprint density at radius 2 is 1.78 bits per heavy atom. The van der Waals surface area contributed by atoms with Crippen LogP contribution in [0.2, 0.25) is 0 Å². The van der Waals surface area contributed by atoms with E-state index in [0.29, 0.717) is 25.0 Å². The standard InChI is InChI=1S/C19H21NO2S/c1-4-19(5-2,18(21)22-6-3)23-17-12-11-14(13-20)15-9-7-8-10-16(15)17/h7-12H,4-6H2,1-3H3. The highest BCUT2D eigenvalue weighted by Crippen LogP contribution is 2.42. The minimum absolute atomic E-state index is 0.163. The van der Waals surface area contributed by atoms with E-state index in [4.69, 9.17) is 4.74 Å². The molecule has 0 saturated carbocycles. The van der Waals surface area contributed by atoms with E-state index >= 15 is 0 Å². The Morgan fingerprint density at radius 1 is 1.13 bits per heavy atom. The molecular formula is C19H21NO2S. The zero-order chi connectivity index (χ0) is 16.9. The molecule has 0 fully saturated rings. The van der Waals surface area contributed by atoms with Crippen LogP contribution in [0.25, 0.3) is 10.8 Å². The lowest BCUT2D eigenvalue weighted by Gasteiger charge is -2.29. The third-order valence-electron chi connectivity index (χ3n) is 4.10. The Bertz CT molecular complexity index is 745. The second-order valence-corrected chi connectivity index (χ2v) is 6.72. The second kappa shape index (κ2) is 7.52. The van der Waals surface area contributed by atoms with Gasteiger partial charge in [-0.15, -0.1) is 11.8 Å². The highest BCUT2D eigenvalue weighted by Gasteiger charge is 2.38. The quantitative estimate of drug-likeness (QED) is 0.558. The SMILES string of the molecule is CCOC(=O)C(CC)(CC)Sc1ccc(C#N)c2ccccc12. The highest BCUT2D eigenvalue weighted by atomic mass is 32.2. The summed E-state index contributed by atoms with van der Waals surface area (Å²) in [5.74, 6) is -0.163. The van der Waals surface area contributed by atoms with Crippen molar-refractivity contribution in [2.75, 3.05) is 6.61 Å². The predicted molar refractivity (Wildman–Crippen MR) is 94.5 cm³/mol. The van der Waals surface area contributed by atoms with Gasteiger partial charge >= 0.3 is 5.97 Å². The molecule has 0 aliphatic carbocycles. The monoisotopic (exact) mass is 327 g/mol. The van der Waals surface area contributed by atoms with Crippen LogP contribution >= 0.6 is 11.8 Å². The summed E-state index contributed by atoms with van der Waals surface area (Å²) in [6.45, 7) is 6.24. The first-order valence-electron chi connectivity index (χ1n) is 7.90. The number of benzene rings is 2. The summed E-state index contributed by atoms with van der Waals surface area (Å²) in [5.41, 5.74) is 0.652. The van der Waals surface area contributed by atoms with E-state index < -0.39 is 4.75 Å². The van der Waals surface area contributed by atoms with Crippen LogP contribution in [0.3, 0.4) is 0 Å². The van der Waals surface area contributed by atoms with Crippen LogP contribution in [0.4, 0.5) is 0 Å². The molecule has 3 nitrogen and oxygen atoms in total. The van der Waals surface area contributed by atoms with Crippen molar-refractivity contribution in [1.82, 2.24) is 0 Å². The van der Waals surface area contributed by atoms with E-state index in [1.807, 2.05) is 57.2 Å². The maximum absolute atomic E-state index is 12.5. The van der Waals surface area contributed by atoms with Gasteiger partial charge in [0.05, 0.1) is 18.2 Å². The number of fused-ring (bicyclic) bond motifs is 1. The number of esters is 1. The van der Waals surface area contributed by atoms with Crippen LogP contribution in [0.15, 0.2) is 41.3 Å². The van der Waals surface area contributed by atoms with Crippen LogP contribution < -0.4 is 0 Å². The van der Waals surface area contributed by atoms with Crippen molar-refractivity contribution in [2.24, 2.45) is 0 Å². The van der Waals surface area contributed by atoms with Crippen molar-refractivity contribution in [3.05, 3.63) is 42.0 Å². The summed E-state index contributed by atoms with van der Waals surface area (Å²) in [4.78, 5) is 13.5. The molecule has 0 bridgehead atoms. The molecule has 2 aromatic rings. The van der Waals surface area contributed by atoms with Gasteiger partial charge < -0.3 is 4.74 Å². The van der Waals surface area contributed by atoms with Gasteiger partial charge in [0.2, 0.25) is 0 Å². The molecule has 0 radical (unpaired) electrons. The number of rotatable bonds is 6. The Balaban J connectivity index is 2.52. The van der Waals surface area contributed by atoms with Crippen molar-refractivity contribution < 1.29 is 9.53 Å². The van der Waals surface area contributed by atoms with Gasteiger partial charge in [0.25, 0.3) is 0 Å². The Kier molecular flexibility index (Phi) is 5.68. The van der Waals surface area contributed by atoms with E-state index in [9.17, 15) is 10.1 Å². The fraction of sp³-hybridized carbons (Fsp3) is 0.368. The first kappa shape index (κ1) is 17.4. The van der Waals surface area contributed by atoms with E-state index in [1.54, 1.807) is 11.8 Å². The van der Waals surface area contributed by atoms with E-state index in [2.05, 4.69) is 6.07 Å². The summed E-state index contributed by atoms with van der Waals surface area (Å²) in [5, 5.41) is 11.2. The second-order valence-electron chi connectivity index (χ2n) is 5.29. The first-order valence-corrected chi connectivity index (χ1v) is 8.71. The average Bonchev–Trinajstić information content (AvgIpc) is 2.60. The van der Waals surface area contributed by atoms with Crippen molar-refractivity contribution in [2.45, 2.75) is 43.3 Å². The molecule has 0 N–H and O–H groups in total. The summed E-state index contributed by atoms with van der Waals surface area (Å²) in [6.07, 6.45) is 1.39. The Hall–Kier alpha value is -1.99. The number of carbonyl (C=O) groups is 1. The van der Waals surface area contributed by atoms with Gasteiger partial charge in [-0.05, 0) is 37.3 Å². The molecule has 0 atom stereocenters. The predicted octanol–water partition coefficient (Wildman–Crippen LogP) is 4.93. The number of ether oxygens (including phenoxy) is 1. The maximum atomic E-state index is 12.5. The molecule has 0 aliphatic rings. The molecule has 2 aromatic carbocycles. The normalized spacial score (nSPS) is 11.2. The number of nitrogens with zero attached hydrogens (tertiary/aromatic N) is 1. The largest absolute Gasteiger partial charge is 0.465 e.